The van der Waals surface area contributed by atoms with Gasteiger partial charge in [0.1, 0.15) is 0 Å². The standard InChI is InChI=1S/C17H31N3O/c1-4-5-6-7-8-13-20(3)17(18-2)19-12-9-16-10-14-21-15-11-16/h4,10H,1,5-9,11-15H2,2-3H3,(H,18,19). The van der Waals surface area contributed by atoms with Crippen molar-refractivity contribution in [3.8, 4) is 0 Å². The van der Waals surface area contributed by atoms with Crippen LogP contribution in [0.15, 0.2) is 29.3 Å². The van der Waals surface area contributed by atoms with Crippen LogP contribution in [0.5, 0.6) is 0 Å². The number of allylic oxidation sites excluding steroid dienone is 1. The van der Waals surface area contributed by atoms with Crippen molar-refractivity contribution in [1.29, 1.82) is 0 Å². The van der Waals surface area contributed by atoms with E-state index in [1.807, 2.05) is 13.1 Å². The van der Waals surface area contributed by atoms with Gasteiger partial charge in [-0.25, -0.2) is 0 Å². The van der Waals surface area contributed by atoms with Gasteiger partial charge in [0.05, 0.1) is 13.2 Å². The number of unbranched alkanes of at least 4 members (excludes halogenated alkanes) is 3. The summed E-state index contributed by atoms with van der Waals surface area (Å²) in [6.45, 7) is 7.39. The van der Waals surface area contributed by atoms with E-state index < -0.39 is 0 Å². The van der Waals surface area contributed by atoms with Gasteiger partial charge in [-0.1, -0.05) is 24.1 Å². The molecule has 1 heterocycles. The Bertz CT molecular complexity index is 350. The Kier molecular flexibility index (Phi) is 9.62. The zero-order valence-corrected chi connectivity index (χ0v) is 13.7. The molecule has 0 aliphatic carbocycles. The van der Waals surface area contributed by atoms with Crippen molar-refractivity contribution in [2.24, 2.45) is 4.99 Å². The predicted molar refractivity (Wildman–Crippen MR) is 90.8 cm³/mol. The second kappa shape index (κ2) is 11.4. The molecule has 1 aliphatic heterocycles. The highest BCUT2D eigenvalue weighted by Crippen LogP contribution is 2.10. The molecule has 0 radical (unpaired) electrons. The quantitative estimate of drug-likeness (QED) is 0.307. The van der Waals surface area contributed by atoms with Crippen molar-refractivity contribution in [2.45, 2.75) is 38.5 Å². The van der Waals surface area contributed by atoms with Crippen LogP contribution in [0.4, 0.5) is 0 Å². The molecule has 0 aromatic rings. The lowest BCUT2D eigenvalue weighted by Crippen LogP contribution is -2.39. The smallest absolute Gasteiger partial charge is 0.193 e. The molecule has 0 unspecified atom stereocenters. The van der Waals surface area contributed by atoms with Crippen LogP contribution < -0.4 is 5.32 Å². The molecule has 0 atom stereocenters. The van der Waals surface area contributed by atoms with Gasteiger partial charge in [-0.05, 0) is 32.1 Å². The molecule has 1 N–H and O–H groups in total. The van der Waals surface area contributed by atoms with Crippen LogP contribution >= 0.6 is 0 Å². The Balaban J connectivity index is 2.17. The largest absolute Gasteiger partial charge is 0.377 e. The molecule has 0 amide bonds. The average molecular weight is 293 g/mol. The molecule has 4 nitrogen and oxygen atoms in total. The third kappa shape index (κ3) is 7.90. The number of hydrogen-bond donors (Lipinski definition) is 1. The fourth-order valence-corrected chi connectivity index (χ4v) is 2.43. The van der Waals surface area contributed by atoms with Crippen molar-refractivity contribution >= 4 is 5.96 Å². The van der Waals surface area contributed by atoms with Crippen LogP contribution in [0, 0.1) is 0 Å². The Morgan fingerprint density at radius 1 is 1.48 bits per heavy atom. The lowest BCUT2D eigenvalue weighted by atomic mass is 10.1. The monoisotopic (exact) mass is 293 g/mol. The molecule has 4 heteroatoms. The zero-order chi connectivity index (χ0) is 15.3. The second-order valence-corrected chi connectivity index (χ2v) is 5.47. The van der Waals surface area contributed by atoms with Gasteiger partial charge in [0, 0.05) is 27.2 Å². The van der Waals surface area contributed by atoms with Crippen molar-refractivity contribution in [3.05, 3.63) is 24.3 Å². The topological polar surface area (TPSA) is 36.9 Å². The molecule has 1 aliphatic rings. The van der Waals surface area contributed by atoms with Gasteiger partial charge < -0.3 is 15.0 Å². The number of hydrogen-bond acceptors (Lipinski definition) is 2. The summed E-state index contributed by atoms with van der Waals surface area (Å²) in [5.74, 6) is 0.992. The summed E-state index contributed by atoms with van der Waals surface area (Å²) in [7, 11) is 3.96. The molecule has 0 saturated heterocycles. The van der Waals surface area contributed by atoms with Gasteiger partial charge >= 0.3 is 0 Å². The van der Waals surface area contributed by atoms with Crippen LogP contribution in [0.2, 0.25) is 0 Å². The fraction of sp³-hybridized carbons (Fsp3) is 0.706. The van der Waals surface area contributed by atoms with Crippen LogP contribution in [-0.2, 0) is 4.74 Å². The number of rotatable bonds is 9. The minimum absolute atomic E-state index is 0.772. The van der Waals surface area contributed by atoms with E-state index in [9.17, 15) is 0 Å². The van der Waals surface area contributed by atoms with Gasteiger partial charge in [-0.15, -0.1) is 6.58 Å². The fourth-order valence-electron chi connectivity index (χ4n) is 2.43. The van der Waals surface area contributed by atoms with E-state index in [0.29, 0.717) is 0 Å². The Labute approximate surface area is 130 Å². The van der Waals surface area contributed by atoms with Gasteiger partial charge in [-0.3, -0.25) is 4.99 Å². The first-order valence-corrected chi connectivity index (χ1v) is 8.06. The normalized spacial score (nSPS) is 15.5. The summed E-state index contributed by atoms with van der Waals surface area (Å²) in [5.41, 5.74) is 1.50. The summed E-state index contributed by atoms with van der Waals surface area (Å²) >= 11 is 0. The first kappa shape index (κ1) is 17.8. The minimum atomic E-state index is 0.772. The van der Waals surface area contributed by atoms with Gasteiger partial charge in [0.2, 0.25) is 0 Å². The Morgan fingerprint density at radius 2 is 2.33 bits per heavy atom. The van der Waals surface area contributed by atoms with Crippen molar-refractivity contribution in [3.63, 3.8) is 0 Å². The van der Waals surface area contributed by atoms with Crippen LogP contribution in [0.25, 0.3) is 0 Å². The van der Waals surface area contributed by atoms with Gasteiger partial charge in [0.25, 0.3) is 0 Å². The summed E-state index contributed by atoms with van der Waals surface area (Å²) in [5, 5.41) is 3.45. The molecule has 0 fully saturated rings. The lowest BCUT2D eigenvalue weighted by molar-refractivity contribution is 0.153. The highest BCUT2D eigenvalue weighted by atomic mass is 16.5. The first-order chi connectivity index (χ1) is 10.3. The van der Waals surface area contributed by atoms with E-state index in [4.69, 9.17) is 4.74 Å². The molecule has 0 bridgehead atoms. The molecule has 21 heavy (non-hydrogen) atoms. The highest BCUT2D eigenvalue weighted by Gasteiger charge is 2.07. The summed E-state index contributed by atoms with van der Waals surface area (Å²) in [6, 6.07) is 0. The maximum Gasteiger partial charge on any atom is 0.193 e. The van der Waals surface area contributed by atoms with Crippen molar-refractivity contribution in [1.82, 2.24) is 10.2 Å². The highest BCUT2D eigenvalue weighted by molar-refractivity contribution is 5.79. The van der Waals surface area contributed by atoms with E-state index in [1.54, 1.807) is 0 Å². The molecule has 0 aromatic carbocycles. The van der Waals surface area contributed by atoms with E-state index in [2.05, 4.69) is 34.9 Å². The number of nitrogens with zero attached hydrogens (tertiary/aromatic N) is 2. The minimum Gasteiger partial charge on any atom is -0.377 e. The van der Waals surface area contributed by atoms with Gasteiger partial charge in [-0.2, -0.15) is 0 Å². The zero-order valence-electron chi connectivity index (χ0n) is 13.7. The van der Waals surface area contributed by atoms with Crippen molar-refractivity contribution < 1.29 is 4.74 Å². The van der Waals surface area contributed by atoms with Gasteiger partial charge in [0.15, 0.2) is 5.96 Å². The average Bonchev–Trinajstić information content (AvgIpc) is 2.52. The van der Waals surface area contributed by atoms with E-state index in [-0.39, 0.29) is 0 Å². The second-order valence-electron chi connectivity index (χ2n) is 5.47. The number of guanidine groups is 1. The number of aliphatic imine (C=N–C) groups is 1. The summed E-state index contributed by atoms with van der Waals surface area (Å²) < 4.78 is 5.32. The third-order valence-electron chi connectivity index (χ3n) is 3.76. The summed E-state index contributed by atoms with van der Waals surface area (Å²) in [4.78, 5) is 6.57. The van der Waals surface area contributed by atoms with Crippen LogP contribution in [-0.4, -0.2) is 51.3 Å². The van der Waals surface area contributed by atoms with Crippen LogP contribution in [0.1, 0.15) is 38.5 Å². The third-order valence-corrected chi connectivity index (χ3v) is 3.76. The molecule has 120 valence electrons. The SMILES string of the molecule is C=CCCCCCN(C)C(=NC)NCCC1=CCOCC1. The molecule has 0 saturated carbocycles. The summed E-state index contributed by atoms with van der Waals surface area (Å²) in [6.07, 6.45) is 11.2. The first-order valence-electron chi connectivity index (χ1n) is 8.06. The maximum absolute atomic E-state index is 5.32. The van der Waals surface area contributed by atoms with E-state index in [0.717, 1.165) is 51.5 Å². The molecule has 1 rings (SSSR count). The Hall–Kier alpha value is -1.29. The number of nitrogens with one attached hydrogen (secondary N) is 1. The number of ether oxygens (including phenoxy) is 1. The van der Waals surface area contributed by atoms with Crippen molar-refractivity contribution in [2.75, 3.05) is 40.4 Å². The maximum atomic E-state index is 5.32. The van der Waals surface area contributed by atoms with Crippen LogP contribution in [0.3, 0.4) is 0 Å². The predicted octanol–water partition coefficient (Wildman–Crippen LogP) is 2.98. The molecular weight excluding hydrogens is 262 g/mol. The molecule has 0 aromatic heterocycles. The van der Waals surface area contributed by atoms with E-state index >= 15 is 0 Å². The lowest BCUT2D eigenvalue weighted by Gasteiger charge is -2.22. The molecule has 0 spiro atoms. The Morgan fingerprint density at radius 3 is 3.00 bits per heavy atom. The van der Waals surface area contributed by atoms with E-state index in [1.165, 1.54) is 24.8 Å². The molecular formula is C17H31N3O.